The smallest absolute Gasteiger partial charge is 0.142 e. The van der Waals surface area contributed by atoms with Crippen LogP contribution >= 0.6 is 34.8 Å². The predicted octanol–water partition coefficient (Wildman–Crippen LogP) is 7.54. The van der Waals surface area contributed by atoms with Crippen molar-refractivity contribution in [2.75, 3.05) is 0 Å². The number of rotatable bonds is 4. The molecule has 0 saturated heterocycles. The maximum absolute atomic E-state index is 12.1. The lowest BCUT2D eigenvalue weighted by Crippen LogP contribution is -2.29. The fourth-order valence-electron chi connectivity index (χ4n) is 4.07. The van der Waals surface area contributed by atoms with Gasteiger partial charge >= 0.3 is 0 Å². The largest absolute Gasteiger partial charge is 0.376 e. The first-order valence-electron chi connectivity index (χ1n) is 10.2. The fourth-order valence-corrected chi connectivity index (χ4v) is 4.98. The van der Waals surface area contributed by atoms with Crippen LogP contribution in [-0.2, 0) is 5.60 Å². The molecular formula is C27H17Cl3N2O. The normalized spacial score (nSPS) is 13.1. The zero-order valence-electron chi connectivity index (χ0n) is 17.2. The highest BCUT2D eigenvalue weighted by molar-refractivity contribution is 6.43. The highest BCUT2D eigenvalue weighted by Crippen LogP contribution is 2.43. The second kappa shape index (κ2) is 8.77. The van der Waals surface area contributed by atoms with Crippen molar-refractivity contribution in [2.45, 2.75) is 5.60 Å². The average Bonchev–Trinajstić information content (AvgIpc) is 2.85. The third-order valence-corrected chi connectivity index (χ3v) is 6.70. The van der Waals surface area contributed by atoms with Crippen LogP contribution in [0.25, 0.3) is 22.0 Å². The van der Waals surface area contributed by atoms with Gasteiger partial charge in [-0.1, -0.05) is 95.5 Å². The summed E-state index contributed by atoms with van der Waals surface area (Å²) in [6.07, 6.45) is 3.34. The molecule has 0 saturated carbocycles. The Morgan fingerprint density at radius 2 is 1.45 bits per heavy atom. The number of aromatic nitrogens is 2. The van der Waals surface area contributed by atoms with Gasteiger partial charge in [-0.25, -0.2) is 4.98 Å². The van der Waals surface area contributed by atoms with Crippen molar-refractivity contribution >= 4 is 45.7 Å². The van der Waals surface area contributed by atoms with E-state index >= 15 is 0 Å². The minimum absolute atomic E-state index is 0.263. The van der Waals surface area contributed by atoms with Gasteiger partial charge < -0.3 is 5.11 Å². The van der Waals surface area contributed by atoms with Crippen molar-refractivity contribution in [1.29, 1.82) is 0 Å². The van der Waals surface area contributed by atoms with Crippen LogP contribution in [0.15, 0.2) is 97.3 Å². The van der Waals surface area contributed by atoms with Gasteiger partial charge in [0.05, 0.1) is 10.5 Å². The Bertz CT molecular complexity index is 1420. The minimum atomic E-state index is -1.45. The van der Waals surface area contributed by atoms with Crippen LogP contribution in [0.5, 0.6) is 0 Å². The van der Waals surface area contributed by atoms with Crippen molar-refractivity contribution in [1.82, 2.24) is 9.97 Å². The molecule has 0 aliphatic heterocycles. The summed E-state index contributed by atoms with van der Waals surface area (Å²) < 4.78 is 0. The number of benzene rings is 3. The standard InChI is InChI=1S/C27H17Cl3N2O/c28-22-11-5-4-10-20(22)24-25(29)21-15-18(12-13-23(21)32-26(24)30)27(33,17-7-2-1-3-8-17)19-9-6-14-31-16-19/h1-16,33H. The van der Waals surface area contributed by atoms with E-state index in [-0.39, 0.29) is 5.15 Å². The molecule has 2 aromatic heterocycles. The molecule has 33 heavy (non-hydrogen) atoms. The molecule has 5 rings (SSSR count). The molecule has 0 fully saturated rings. The molecule has 0 aliphatic carbocycles. The zero-order valence-corrected chi connectivity index (χ0v) is 19.5. The Balaban J connectivity index is 1.79. The molecular weight excluding hydrogens is 475 g/mol. The van der Waals surface area contributed by atoms with E-state index < -0.39 is 5.60 Å². The van der Waals surface area contributed by atoms with Gasteiger partial charge in [0.25, 0.3) is 0 Å². The van der Waals surface area contributed by atoms with Crippen LogP contribution in [0.4, 0.5) is 0 Å². The minimum Gasteiger partial charge on any atom is -0.376 e. The zero-order chi connectivity index (χ0) is 23.0. The first kappa shape index (κ1) is 21.9. The molecule has 1 atom stereocenters. The van der Waals surface area contributed by atoms with Gasteiger partial charge in [0.2, 0.25) is 0 Å². The molecule has 5 aromatic rings. The number of halogens is 3. The van der Waals surface area contributed by atoms with E-state index in [1.165, 1.54) is 0 Å². The van der Waals surface area contributed by atoms with Crippen molar-refractivity contribution in [3.63, 3.8) is 0 Å². The molecule has 0 amide bonds. The van der Waals surface area contributed by atoms with Crippen LogP contribution in [0.2, 0.25) is 15.2 Å². The average molecular weight is 492 g/mol. The van der Waals surface area contributed by atoms with Crippen molar-refractivity contribution in [2.24, 2.45) is 0 Å². The molecule has 2 heterocycles. The third kappa shape index (κ3) is 3.77. The number of nitrogens with zero attached hydrogens (tertiary/aromatic N) is 2. The van der Waals surface area contributed by atoms with Crippen LogP contribution in [0, 0.1) is 0 Å². The summed E-state index contributed by atoms with van der Waals surface area (Å²) in [5, 5.41) is 14.0. The highest BCUT2D eigenvalue weighted by atomic mass is 35.5. The summed E-state index contributed by atoms with van der Waals surface area (Å²) >= 11 is 19.8. The molecule has 0 spiro atoms. The molecule has 1 unspecified atom stereocenters. The topological polar surface area (TPSA) is 46.0 Å². The van der Waals surface area contributed by atoms with Crippen molar-refractivity contribution < 1.29 is 5.11 Å². The van der Waals surface area contributed by atoms with Crippen LogP contribution < -0.4 is 0 Å². The van der Waals surface area contributed by atoms with Gasteiger partial charge in [0.15, 0.2) is 0 Å². The van der Waals surface area contributed by atoms with E-state index in [2.05, 4.69) is 9.97 Å². The summed E-state index contributed by atoms with van der Waals surface area (Å²) in [5.41, 5.74) is 2.40. The number of pyridine rings is 2. The number of hydrogen-bond donors (Lipinski definition) is 1. The van der Waals surface area contributed by atoms with Crippen LogP contribution in [0.1, 0.15) is 16.7 Å². The molecule has 3 aromatic carbocycles. The second-order valence-corrected chi connectivity index (χ2v) is 8.76. The number of hydrogen-bond acceptors (Lipinski definition) is 3. The molecule has 0 radical (unpaired) electrons. The van der Waals surface area contributed by atoms with Crippen molar-refractivity contribution in [3.05, 3.63) is 129 Å². The maximum atomic E-state index is 12.1. The summed E-state index contributed by atoms with van der Waals surface area (Å²) in [6.45, 7) is 0. The number of aliphatic hydroxyl groups is 1. The first-order valence-corrected chi connectivity index (χ1v) is 11.4. The maximum Gasteiger partial charge on any atom is 0.142 e. The molecule has 162 valence electrons. The molecule has 1 N–H and O–H groups in total. The van der Waals surface area contributed by atoms with E-state index in [0.29, 0.717) is 48.8 Å². The fraction of sp³-hybridized carbons (Fsp3) is 0.0370. The SMILES string of the molecule is OC(c1ccccc1)(c1cccnc1)c1ccc2nc(Cl)c(-c3ccccc3Cl)c(Cl)c2c1. The summed E-state index contributed by atoms with van der Waals surface area (Å²) in [4.78, 5) is 8.78. The molecule has 6 heteroatoms. The Labute approximate surface area is 206 Å². The number of fused-ring (bicyclic) bond motifs is 1. The Morgan fingerprint density at radius 1 is 0.727 bits per heavy atom. The van der Waals surface area contributed by atoms with Gasteiger partial charge in [-0.05, 0) is 35.4 Å². The summed E-state index contributed by atoms with van der Waals surface area (Å²) in [6, 6.07) is 25.9. The lowest BCUT2D eigenvalue weighted by atomic mass is 9.80. The molecule has 0 bridgehead atoms. The third-order valence-electron chi connectivity index (χ3n) is 5.71. The van der Waals surface area contributed by atoms with Gasteiger partial charge in [-0.15, -0.1) is 0 Å². The lowest BCUT2D eigenvalue weighted by Gasteiger charge is -2.30. The second-order valence-electron chi connectivity index (χ2n) is 7.62. The lowest BCUT2D eigenvalue weighted by molar-refractivity contribution is 0.125. The van der Waals surface area contributed by atoms with Gasteiger partial charge in [-0.2, -0.15) is 0 Å². The Hall–Kier alpha value is -2.95. The highest BCUT2D eigenvalue weighted by Gasteiger charge is 2.34. The van der Waals surface area contributed by atoms with Crippen LogP contribution in [0.3, 0.4) is 0 Å². The van der Waals surface area contributed by atoms with Gasteiger partial charge in [-0.3, -0.25) is 4.98 Å². The van der Waals surface area contributed by atoms with E-state index in [1.54, 1.807) is 24.5 Å². The van der Waals surface area contributed by atoms with Gasteiger partial charge in [0, 0.05) is 39.5 Å². The van der Waals surface area contributed by atoms with Crippen LogP contribution in [-0.4, -0.2) is 15.1 Å². The quantitative estimate of drug-likeness (QED) is 0.264. The predicted molar refractivity (Wildman–Crippen MR) is 135 cm³/mol. The van der Waals surface area contributed by atoms with E-state index in [1.807, 2.05) is 72.8 Å². The summed E-state index contributed by atoms with van der Waals surface area (Å²) in [5.74, 6) is 0. The van der Waals surface area contributed by atoms with Crippen molar-refractivity contribution in [3.8, 4) is 11.1 Å². The first-order chi connectivity index (χ1) is 16.0. The van der Waals surface area contributed by atoms with Gasteiger partial charge in [0.1, 0.15) is 10.8 Å². The Kier molecular flexibility index (Phi) is 5.81. The van der Waals surface area contributed by atoms with E-state index in [4.69, 9.17) is 34.8 Å². The molecule has 0 aliphatic rings. The monoisotopic (exact) mass is 490 g/mol. The Morgan fingerprint density at radius 3 is 2.18 bits per heavy atom. The summed E-state index contributed by atoms with van der Waals surface area (Å²) in [7, 11) is 0. The van der Waals surface area contributed by atoms with E-state index in [9.17, 15) is 5.11 Å². The molecule has 3 nitrogen and oxygen atoms in total. The van der Waals surface area contributed by atoms with E-state index in [0.717, 1.165) is 0 Å².